The standard InChI is InChI=1S/C21H28FN3O3/c1-4-28-20(26)18-17(12-25-10-13(2)9-14(3)11-25)23-21(27)24-19(18)15-5-7-16(22)8-6-15/h5-8,13-14,19H,4,9-12H2,1-3H3,(H2,23,24,27)/t13-,14+,19-/m0/s1. The quantitative estimate of drug-likeness (QED) is 0.760. The van der Waals surface area contributed by atoms with Crippen molar-refractivity contribution in [2.24, 2.45) is 11.8 Å². The normalized spacial score (nSPS) is 25.9. The molecule has 6 nitrogen and oxygen atoms in total. The second-order valence-corrected chi connectivity index (χ2v) is 7.84. The molecule has 1 aromatic rings. The molecule has 0 bridgehead atoms. The summed E-state index contributed by atoms with van der Waals surface area (Å²) in [6.45, 7) is 8.69. The zero-order valence-electron chi connectivity index (χ0n) is 16.6. The van der Waals surface area contributed by atoms with Crippen molar-refractivity contribution in [2.75, 3.05) is 26.2 Å². The molecule has 0 aliphatic carbocycles. The zero-order chi connectivity index (χ0) is 20.3. The molecule has 3 atom stereocenters. The van der Waals surface area contributed by atoms with Crippen LogP contribution in [-0.4, -0.2) is 43.1 Å². The van der Waals surface area contributed by atoms with E-state index < -0.39 is 12.0 Å². The van der Waals surface area contributed by atoms with Crippen LogP contribution in [0.25, 0.3) is 0 Å². The van der Waals surface area contributed by atoms with Crippen LogP contribution in [0.3, 0.4) is 0 Å². The molecule has 2 N–H and O–H groups in total. The summed E-state index contributed by atoms with van der Waals surface area (Å²) in [4.78, 5) is 27.4. The SMILES string of the molecule is CCOC(=O)C1=C(CN2C[C@H](C)C[C@H](C)C2)NC(=O)N[C@H]1c1ccc(F)cc1. The largest absolute Gasteiger partial charge is 0.463 e. The minimum absolute atomic E-state index is 0.234. The summed E-state index contributed by atoms with van der Waals surface area (Å²) in [5.74, 6) is 0.265. The van der Waals surface area contributed by atoms with Gasteiger partial charge in [0.15, 0.2) is 0 Å². The molecule has 2 aliphatic heterocycles. The highest BCUT2D eigenvalue weighted by Crippen LogP contribution is 2.29. The van der Waals surface area contributed by atoms with Crippen LogP contribution in [0.5, 0.6) is 0 Å². The first kappa shape index (κ1) is 20.3. The van der Waals surface area contributed by atoms with Gasteiger partial charge in [0.1, 0.15) is 5.82 Å². The molecule has 152 valence electrons. The van der Waals surface area contributed by atoms with Gasteiger partial charge < -0.3 is 15.4 Å². The number of benzene rings is 1. The maximum atomic E-state index is 13.4. The highest BCUT2D eigenvalue weighted by atomic mass is 19.1. The summed E-state index contributed by atoms with van der Waals surface area (Å²) >= 11 is 0. The number of esters is 1. The van der Waals surface area contributed by atoms with Gasteiger partial charge in [0.25, 0.3) is 0 Å². The van der Waals surface area contributed by atoms with Crippen LogP contribution in [0.4, 0.5) is 9.18 Å². The monoisotopic (exact) mass is 389 g/mol. The fourth-order valence-electron chi connectivity index (χ4n) is 4.24. The van der Waals surface area contributed by atoms with E-state index in [4.69, 9.17) is 4.74 Å². The van der Waals surface area contributed by atoms with Crippen molar-refractivity contribution in [1.29, 1.82) is 0 Å². The van der Waals surface area contributed by atoms with Crippen molar-refractivity contribution in [3.63, 3.8) is 0 Å². The zero-order valence-corrected chi connectivity index (χ0v) is 16.6. The lowest BCUT2D eigenvalue weighted by Gasteiger charge is -2.37. The van der Waals surface area contributed by atoms with E-state index in [1.54, 1.807) is 19.1 Å². The molecule has 2 heterocycles. The number of halogens is 1. The summed E-state index contributed by atoms with van der Waals surface area (Å²) in [7, 11) is 0. The van der Waals surface area contributed by atoms with E-state index in [1.165, 1.54) is 18.6 Å². The molecule has 1 saturated heterocycles. The van der Waals surface area contributed by atoms with Gasteiger partial charge in [-0.1, -0.05) is 26.0 Å². The van der Waals surface area contributed by atoms with Crippen molar-refractivity contribution in [1.82, 2.24) is 15.5 Å². The van der Waals surface area contributed by atoms with Gasteiger partial charge in [-0.3, -0.25) is 4.90 Å². The maximum absolute atomic E-state index is 13.4. The highest BCUT2D eigenvalue weighted by Gasteiger charge is 2.35. The van der Waals surface area contributed by atoms with Crippen LogP contribution in [0.2, 0.25) is 0 Å². The van der Waals surface area contributed by atoms with Crippen LogP contribution in [0.1, 0.15) is 38.8 Å². The molecule has 28 heavy (non-hydrogen) atoms. The number of nitrogens with one attached hydrogen (secondary N) is 2. The Labute approximate surface area is 165 Å². The first-order chi connectivity index (χ1) is 13.4. The summed E-state index contributed by atoms with van der Waals surface area (Å²) in [6.07, 6.45) is 1.17. The Morgan fingerprint density at radius 1 is 1.21 bits per heavy atom. The van der Waals surface area contributed by atoms with Crippen LogP contribution in [-0.2, 0) is 9.53 Å². The fraction of sp³-hybridized carbons (Fsp3) is 0.524. The van der Waals surface area contributed by atoms with E-state index in [-0.39, 0.29) is 18.5 Å². The van der Waals surface area contributed by atoms with Gasteiger partial charge in [0.05, 0.1) is 18.2 Å². The van der Waals surface area contributed by atoms with Crippen molar-refractivity contribution in [3.05, 3.63) is 46.9 Å². The summed E-state index contributed by atoms with van der Waals surface area (Å²) in [6, 6.07) is 4.74. The first-order valence-electron chi connectivity index (χ1n) is 9.82. The van der Waals surface area contributed by atoms with E-state index in [9.17, 15) is 14.0 Å². The Morgan fingerprint density at radius 3 is 2.46 bits per heavy atom. The molecule has 3 rings (SSSR count). The van der Waals surface area contributed by atoms with E-state index in [1.807, 2.05) is 0 Å². The Hall–Kier alpha value is -2.41. The predicted octanol–water partition coefficient (Wildman–Crippen LogP) is 2.97. The second kappa shape index (κ2) is 8.73. The van der Waals surface area contributed by atoms with Crippen molar-refractivity contribution in [2.45, 2.75) is 33.2 Å². The number of amides is 2. The molecule has 0 aromatic heterocycles. The topological polar surface area (TPSA) is 70.7 Å². The molecule has 1 aromatic carbocycles. The smallest absolute Gasteiger partial charge is 0.338 e. The van der Waals surface area contributed by atoms with Crippen molar-refractivity contribution >= 4 is 12.0 Å². The third-order valence-electron chi connectivity index (χ3n) is 5.18. The number of urea groups is 1. The highest BCUT2D eigenvalue weighted by molar-refractivity contribution is 5.95. The molecule has 0 spiro atoms. The number of carbonyl (C=O) groups excluding carboxylic acids is 2. The van der Waals surface area contributed by atoms with Gasteiger partial charge in [-0.15, -0.1) is 0 Å². The predicted molar refractivity (Wildman–Crippen MR) is 104 cm³/mol. The van der Waals surface area contributed by atoms with Gasteiger partial charge >= 0.3 is 12.0 Å². The molecule has 7 heteroatoms. The molecular weight excluding hydrogens is 361 g/mol. The Morgan fingerprint density at radius 2 is 1.86 bits per heavy atom. The lowest BCUT2D eigenvalue weighted by molar-refractivity contribution is -0.139. The van der Waals surface area contributed by atoms with Gasteiger partial charge in [0.2, 0.25) is 0 Å². The van der Waals surface area contributed by atoms with Crippen LogP contribution >= 0.6 is 0 Å². The Bertz CT molecular complexity index is 753. The number of rotatable bonds is 5. The number of likely N-dealkylation sites (tertiary alicyclic amines) is 1. The Balaban J connectivity index is 1.96. The number of hydrogen-bond acceptors (Lipinski definition) is 4. The summed E-state index contributed by atoms with van der Waals surface area (Å²) < 4.78 is 18.6. The molecular formula is C21H28FN3O3. The average molecular weight is 389 g/mol. The van der Waals surface area contributed by atoms with E-state index in [2.05, 4.69) is 29.4 Å². The fourth-order valence-corrected chi connectivity index (χ4v) is 4.24. The first-order valence-corrected chi connectivity index (χ1v) is 9.82. The lowest BCUT2D eigenvalue weighted by Crippen LogP contribution is -2.50. The van der Waals surface area contributed by atoms with Crippen molar-refractivity contribution in [3.8, 4) is 0 Å². The second-order valence-electron chi connectivity index (χ2n) is 7.84. The average Bonchev–Trinajstić information content (AvgIpc) is 2.61. The number of piperidine rings is 1. The van der Waals surface area contributed by atoms with Crippen LogP contribution in [0.15, 0.2) is 35.5 Å². The molecule has 2 aliphatic rings. The summed E-state index contributed by atoms with van der Waals surface area (Å²) in [5.41, 5.74) is 1.56. The van der Waals surface area contributed by atoms with Gasteiger partial charge in [-0.05, 0) is 42.9 Å². The maximum Gasteiger partial charge on any atom is 0.338 e. The van der Waals surface area contributed by atoms with E-state index >= 15 is 0 Å². The molecule has 0 saturated carbocycles. The van der Waals surface area contributed by atoms with Crippen LogP contribution in [0, 0.1) is 17.7 Å². The third kappa shape index (κ3) is 4.70. The van der Waals surface area contributed by atoms with Gasteiger partial charge in [-0.25, -0.2) is 14.0 Å². The van der Waals surface area contributed by atoms with Gasteiger partial charge in [-0.2, -0.15) is 0 Å². The molecule has 0 unspecified atom stereocenters. The molecule has 0 radical (unpaired) electrons. The van der Waals surface area contributed by atoms with E-state index in [0.29, 0.717) is 35.2 Å². The number of nitrogens with zero attached hydrogens (tertiary/aromatic N) is 1. The summed E-state index contributed by atoms with van der Waals surface area (Å²) in [5, 5.41) is 5.58. The van der Waals surface area contributed by atoms with Gasteiger partial charge in [0, 0.05) is 25.3 Å². The molecule has 2 amide bonds. The van der Waals surface area contributed by atoms with E-state index in [0.717, 1.165) is 13.1 Å². The lowest BCUT2D eigenvalue weighted by atomic mass is 9.91. The van der Waals surface area contributed by atoms with Crippen LogP contribution < -0.4 is 10.6 Å². The Kier molecular flexibility index (Phi) is 6.34. The minimum atomic E-state index is -0.678. The minimum Gasteiger partial charge on any atom is -0.463 e. The number of ether oxygens (including phenoxy) is 1. The van der Waals surface area contributed by atoms with Crippen molar-refractivity contribution < 1.29 is 18.7 Å². The number of carbonyl (C=O) groups is 2. The molecule has 1 fully saturated rings. The third-order valence-corrected chi connectivity index (χ3v) is 5.18. The number of hydrogen-bond donors (Lipinski definition) is 2.